The zero-order chi connectivity index (χ0) is 34.2. The van der Waals surface area contributed by atoms with Crippen LogP contribution in [-0.4, -0.2) is 98.1 Å². The first-order valence-electron chi connectivity index (χ1n) is 14.6. The number of esters is 1. The van der Waals surface area contributed by atoms with Crippen LogP contribution in [0.25, 0.3) is 0 Å². The van der Waals surface area contributed by atoms with Gasteiger partial charge in [-0.3, -0.25) is 9.69 Å². The minimum absolute atomic E-state index is 0. The number of hydrogen-bond donors (Lipinski definition) is 1. The topological polar surface area (TPSA) is 114 Å². The summed E-state index contributed by atoms with van der Waals surface area (Å²) in [4.78, 5) is 34.4. The van der Waals surface area contributed by atoms with E-state index in [2.05, 4.69) is 40.9 Å². The Labute approximate surface area is 290 Å². The summed E-state index contributed by atoms with van der Waals surface area (Å²) in [5, 5.41) is 14.4. The Bertz CT molecular complexity index is 1180. The summed E-state index contributed by atoms with van der Waals surface area (Å²) < 4.78 is 78.7. The van der Waals surface area contributed by atoms with Gasteiger partial charge in [-0.25, -0.2) is 9.97 Å². The number of anilines is 2. The zero-order valence-electron chi connectivity index (χ0n) is 26.4. The van der Waals surface area contributed by atoms with Gasteiger partial charge in [0.2, 0.25) is 0 Å². The van der Waals surface area contributed by atoms with Crippen molar-refractivity contribution >= 4 is 39.5 Å². The van der Waals surface area contributed by atoms with E-state index in [1.807, 2.05) is 9.80 Å². The first-order valence-corrected chi connectivity index (χ1v) is 15.7. The third-order valence-electron chi connectivity index (χ3n) is 6.89. The van der Waals surface area contributed by atoms with E-state index in [-0.39, 0.29) is 31.3 Å². The number of hydrogen-bond acceptors (Lipinski definition) is 10. The number of piperazine rings is 2. The summed E-state index contributed by atoms with van der Waals surface area (Å²) in [5.41, 5.74) is -1.46. The van der Waals surface area contributed by atoms with Gasteiger partial charge in [-0.15, -0.1) is 0 Å². The summed E-state index contributed by atoms with van der Waals surface area (Å²) >= 11 is 3.20. The van der Waals surface area contributed by atoms with Crippen LogP contribution in [0.4, 0.5) is 38.0 Å². The van der Waals surface area contributed by atoms with Gasteiger partial charge in [-0.1, -0.05) is 15.9 Å². The van der Waals surface area contributed by atoms with E-state index in [0.717, 1.165) is 75.5 Å². The number of nitrogens with zero attached hydrogens (tertiary/aromatic N) is 5. The Morgan fingerprint density at radius 3 is 1.70 bits per heavy atom. The van der Waals surface area contributed by atoms with Crippen molar-refractivity contribution in [3.63, 3.8) is 0 Å². The van der Waals surface area contributed by atoms with Gasteiger partial charge in [0.15, 0.2) is 0 Å². The van der Waals surface area contributed by atoms with Crippen molar-refractivity contribution < 1.29 is 64.6 Å². The van der Waals surface area contributed by atoms with Crippen molar-refractivity contribution in [2.45, 2.75) is 38.0 Å². The number of carboxylic acids is 1. The predicted octanol–water partition coefficient (Wildman–Crippen LogP) is 0.601. The number of nitrogens with one attached hydrogen (secondary N) is 1. The van der Waals surface area contributed by atoms with E-state index in [0.29, 0.717) is 44.1 Å². The van der Waals surface area contributed by atoms with E-state index in [1.54, 1.807) is 0 Å². The standard InChI is InChI=1S/C14H18F3N3O2.C10H12F3N3.C5H9BrO2.Li/c15-14(16,17)11-3-4-12(18-10-11)20-8-6-19(7-9-20)5-1-2-13(21)22;11-10(12,13)8-1-2-9(15-7-8)16-5-3-14-4-6-16;1-8-5(7)3-2-4-6;/h3-4,10H,1-2,5-9H2,(H,21,22);1-2,7,14H,3-6H2;2-4H2,1H3;/q;;;+1/p-1. The average Bonchev–Trinajstić information content (AvgIpc) is 3.04. The maximum atomic E-state index is 12.5. The molecule has 2 aromatic heterocycles. The number of pyridine rings is 2. The molecular weight excluding hydrogens is 697 g/mol. The fourth-order valence-corrected chi connectivity index (χ4v) is 4.62. The van der Waals surface area contributed by atoms with Crippen LogP contribution in [0.15, 0.2) is 36.7 Å². The molecule has 0 aliphatic carbocycles. The summed E-state index contributed by atoms with van der Waals surface area (Å²) in [6.45, 7) is 6.68. The molecule has 47 heavy (non-hydrogen) atoms. The number of rotatable bonds is 9. The molecule has 258 valence electrons. The van der Waals surface area contributed by atoms with Crippen molar-refractivity contribution in [1.82, 2.24) is 20.2 Å². The molecule has 2 aliphatic heterocycles. The molecule has 2 fully saturated rings. The number of alkyl halides is 7. The number of carboxylic acid groups (broad SMARTS) is 1. The molecule has 0 radical (unpaired) electrons. The Hall–Kier alpha value is -2.58. The van der Waals surface area contributed by atoms with Crippen LogP contribution in [0, 0.1) is 0 Å². The van der Waals surface area contributed by atoms with Crippen molar-refractivity contribution in [3.05, 3.63) is 47.8 Å². The van der Waals surface area contributed by atoms with Gasteiger partial charge in [-0.05, 0) is 50.1 Å². The van der Waals surface area contributed by atoms with Gasteiger partial charge >= 0.3 is 37.2 Å². The molecule has 0 atom stereocenters. The molecule has 2 aliphatic rings. The monoisotopic (exact) mass is 734 g/mol. The number of halogens is 7. The molecular formula is C29H38BrF6LiN6O4. The molecule has 4 rings (SSSR count). The normalized spacial score (nSPS) is 15.3. The minimum atomic E-state index is -4.37. The average molecular weight is 735 g/mol. The molecule has 2 aromatic rings. The van der Waals surface area contributed by atoms with Crippen LogP contribution in [0.1, 0.15) is 36.8 Å². The maximum Gasteiger partial charge on any atom is 1.00 e. The first-order chi connectivity index (χ1) is 21.7. The number of aliphatic carboxylic acids is 1. The molecule has 4 heterocycles. The Kier molecular flexibility index (Phi) is 19.3. The maximum absolute atomic E-state index is 12.5. The quantitative estimate of drug-likeness (QED) is 0.170. The molecule has 18 heteroatoms. The largest absolute Gasteiger partial charge is 1.00 e. The van der Waals surface area contributed by atoms with Gasteiger partial charge in [-0.2, -0.15) is 26.3 Å². The number of aromatic nitrogens is 2. The summed E-state index contributed by atoms with van der Waals surface area (Å²) in [5.74, 6) is -0.0473. The fourth-order valence-electron chi connectivity index (χ4n) is 4.34. The molecule has 2 saturated heterocycles. The third kappa shape index (κ3) is 16.4. The van der Waals surface area contributed by atoms with E-state index in [9.17, 15) is 41.0 Å². The second-order valence-electron chi connectivity index (χ2n) is 10.2. The molecule has 1 N–H and O–H groups in total. The van der Waals surface area contributed by atoms with Crippen LogP contribution in [0.3, 0.4) is 0 Å². The Balaban J connectivity index is 0.000000387. The van der Waals surface area contributed by atoms with Gasteiger partial charge < -0.3 is 29.8 Å². The number of ether oxygens (including phenoxy) is 1. The van der Waals surface area contributed by atoms with Crippen LogP contribution in [0.5, 0.6) is 0 Å². The first kappa shape index (κ1) is 42.4. The van der Waals surface area contributed by atoms with Crippen LogP contribution in [-0.2, 0) is 26.7 Å². The molecule has 0 bridgehead atoms. The molecule has 10 nitrogen and oxygen atoms in total. The molecule has 0 spiro atoms. The summed E-state index contributed by atoms with van der Waals surface area (Å²) in [6.07, 6.45) is -4.99. The molecule has 0 aromatic carbocycles. The van der Waals surface area contributed by atoms with Crippen LogP contribution in [0.2, 0.25) is 0 Å². The van der Waals surface area contributed by atoms with Gasteiger partial charge in [0.1, 0.15) is 11.6 Å². The summed E-state index contributed by atoms with van der Waals surface area (Å²) in [7, 11) is 1.40. The van der Waals surface area contributed by atoms with Crippen molar-refractivity contribution in [2.75, 3.05) is 81.1 Å². The van der Waals surface area contributed by atoms with E-state index in [4.69, 9.17) is 0 Å². The van der Waals surface area contributed by atoms with Crippen molar-refractivity contribution in [1.29, 1.82) is 0 Å². The SMILES string of the molecule is COC(=O)CCCBr.FC(F)(F)c1ccc(N2CCNCC2)nc1.O=C([O-])CCCN1CCN(c2ccc(C(F)(F)F)cn2)CC1.[Li+]. The van der Waals surface area contributed by atoms with Crippen LogP contribution < -0.4 is 39.1 Å². The Morgan fingerprint density at radius 2 is 1.32 bits per heavy atom. The van der Waals surface area contributed by atoms with E-state index < -0.39 is 29.4 Å². The second-order valence-corrected chi connectivity index (χ2v) is 11.0. The summed E-state index contributed by atoms with van der Waals surface area (Å²) in [6, 6.07) is 4.92. The van der Waals surface area contributed by atoms with Gasteiger partial charge in [0.25, 0.3) is 0 Å². The molecule has 0 saturated carbocycles. The number of methoxy groups -OCH3 is 1. The predicted molar refractivity (Wildman–Crippen MR) is 161 cm³/mol. The molecule has 0 unspecified atom stereocenters. The van der Waals surface area contributed by atoms with Crippen molar-refractivity contribution in [3.8, 4) is 0 Å². The van der Waals surface area contributed by atoms with E-state index in [1.165, 1.54) is 19.2 Å². The second kappa shape index (κ2) is 21.4. The fraction of sp³-hybridized carbons (Fsp3) is 0.586. The van der Waals surface area contributed by atoms with Crippen molar-refractivity contribution in [2.24, 2.45) is 0 Å². The Morgan fingerprint density at radius 1 is 0.830 bits per heavy atom. The minimum Gasteiger partial charge on any atom is -0.550 e. The smallest absolute Gasteiger partial charge is 0.550 e. The molecule has 0 amide bonds. The number of carbonyl (C=O) groups excluding carboxylic acids is 2. The van der Waals surface area contributed by atoms with Gasteiger partial charge in [0, 0.05) is 82.5 Å². The zero-order valence-corrected chi connectivity index (χ0v) is 28.0. The van der Waals surface area contributed by atoms with E-state index >= 15 is 0 Å². The van der Waals surface area contributed by atoms with Crippen LogP contribution >= 0.6 is 15.9 Å². The third-order valence-corrected chi connectivity index (χ3v) is 7.45. The number of carbonyl (C=O) groups is 2. The van der Waals surface area contributed by atoms with Gasteiger partial charge in [0.05, 0.1) is 18.2 Å².